The van der Waals surface area contributed by atoms with Gasteiger partial charge in [0, 0.05) is 0 Å². The normalized spacial score (nSPS) is 7.09. The summed E-state index contributed by atoms with van der Waals surface area (Å²) in [6.07, 6.45) is 0. The Morgan fingerprint density at radius 1 is 1.09 bits per heavy atom. The Bertz CT molecular complexity index is 132. The Kier molecular flexibility index (Phi) is 33.5. The Balaban J connectivity index is -0.0000000300. The van der Waals surface area contributed by atoms with Crippen LogP contribution in [0.5, 0.6) is 0 Å². The molecule has 0 amide bonds. The molecule has 0 aromatic rings. The van der Waals surface area contributed by atoms with Crippen LogP contribution in [0, 0.1) is 0 Å². The largest absolute Gasteiger partial charge is 1.00 e. The molecule has 0 fully saturated rings. The fraction of sp³-hybridized carbons (Fsp3) is 0.500. The second kappa shape index (κ2) is 12.6. The molecule has 0 bridgehead atoms. The second-order valence-electron chi connectivity index (χ2n) is 0.763. The van der Waals surface area contributed by atoms with Crippen molar-refractivity contribution in [2.45, 2.75) is 7.43 Å². The molecule has 0 atom stereocenters. The molecule has 0 spiro atoms. The molecule has 0 saturated carbocycles. The van der Waals surface area contributed by atoms with Gasteiger partial charge in [0.2, 0.25) is 0 Å². The van der Waals surface area contributed by atoms with Gasteiger partial charge in [-0.05, 0) is 7.60 Å². The van der Waals surface area contributed by atoms with Gasteiger partial charge in [0.15, 0.2) is 0 Å². The van der Waals surface area contributed by atoms with Crippen molar-refractivity contribution in [2.24, 2.45) is 0 Å². The molecule has 0 N–H and O–H groups in total. The van der Waals surface area contributed by atoms with Gasteiger partial charge < -0.3 is 24.3 Å². The molecule has 0 aliphatic rings. The second-order valence-corrected chi connectivity index (χ2v) is 2.12. The fourth-order valence-corrected chi connectivity index (χ4v) is 0. The standard InChI is InChI=1S/CH3O5P.CH4.3Na/c2-1(3)7(4,5)6;;;;/h(H,2,3)(H2,4,5,6);1H4;;;/q;;3*+1/p-3. The smallest absolute Gasteiger partial charge is 0.807 e. The first kappa shape index (κ1) is 29.2. The molecule has 0 saturated heterocycles. The monoisotopic (exact) mass is 208 g/mol. The van der Waals surface area contributed by atoms with Crippen LogP contribution in [0.3, 0.4) is 0 Å². The van der Waals surface area contributed by atoms with E-state index in [4.69, 9.17) is 24.3 Å². The van der Waals surface area contributed by atoms with E-state index >= 15 is 0 Å². The van der Waals surface area contributed by atoms with Crippen molar-refractivity contribution in [3.8, 4) is 0 Å². The minimum Gasteiger partial charge on any atom is -0.807 e. The van der Waals surface area contributed by atoms with Crippen LogP contribution in [0.15, 0.2) is 0 Å². The molecule has 0 unspecified atom stereocenters. The third-order valence-corrected chi connectivity index (χ3v) is 0.671. The number of hydrogen-bond donors (Lipinski definition) is 0. The molecule has 9 heteroatoms. The van der Waals surface area contributed by atoms with Crippen molar-refractivity contribution in [1.82, 2.24) is 0 Å². The summed E-state index contributed by atoms with van der Waals surface area (Å²) >= 11 is 0. The van der Waals surface area contributed by atoms with Crippen LogP contribution in [0.25, 0.3) is 0 Å². The molecule has 0 rings (SSSR count). The van der Waals surface area contributed by atoms with Gasteiger partial charge in [0.05, 0.1) is 5.71 Å². The molecule has 0 aromatic carbocycles. The Morgan fingerprint density at radius 3 is 1.18 bits per heavy atom. The van der Waals surface area contributed by atoms with Crippen molar-refractivity contribution in [3.05, 3.63) is 0 Å². The van der Waals surface area contributed by atoms with Crippen molar-refractivity contribution in [1.29, 1.82) is 0 Å². The molecule has 11 heavy (non-hydrogen) atoms. The third-order valence-electron chi connectivity index (χ3n) is 0.224. The van der Waals surface area contributed by atoms with E-state index in [0.29, 0.717) is 0 Å². The molecule has 0 aliphatic carbocycles. The van der Waals surface area contributed by atoms with Gasteiger partial charge in [-0.25, -0.2) is 0 Å². The first-order valence-electron chi connectivity index (χ1n) is 1.18. The Hall–Kier alpha value is 2.62. The zero-order chi connectivity index (χ0) is 6.08. The minimum absolute atomic E-state index is 0. The summed E-state index contributed by atoms with van der Waals surface area (Å²) in [5.41, 5.74) is -2.56. The average molecular weight is 208 g/mol. The first-order valence-corrected chi connectivity index (χ1v) is 2.72. The molecule has 5 nitrogen and oxygen atoms in total. The molecular weight excluding hydrogens is 204 g/mol. The molecule has 0 radical (unpaired) electrons. The van der Waals surface area contributed by atoms with Gasteiger partial charge in [0.1, 0.15) is 0 Å². The molecule has 0 heterocycles. The minimum atomic E-state index is -5.43. The van der Waals surface area contributed by atoms with E-state index in [1.165, 1.54) is 0 Å². The van der Waals surface area contributed by atoms with Crippen molar-refractivity contribution < 1.29 is 113 Å². The predicted molar refractivity (Wildman–Crippen MR) is 19.7 cm³/mol. The Morgan fingerprint density at radius 2 is 1.18 bits per heavy atom. The average Bonchev–Trinajstić information content (AvgIpc) is 1.31. The Labute approximate surface area is 131 Å². The zero-order valence-electron chi connectivity index (χ0n) is 5.99. The van der Waals surface area contributed by atoms with E-state index < -0.39 is 13.3 Å². The van der Waals surface area contributed by atoms with Gasteiger partial charge in [-0.2, -0.15) is 0 Å². The molecular formula is C2H4Na3O5P. The van der Waals surface area contributed by atoms with Crippen LogP contribution in [-0.2, 0) is 4.57 Å². The maximum atomic E-state index is 9.14. The van der Waals surface area contributed by atoms with Crippen LogP contribution < -0.4 is 104 Å². The fourth-order valence-electron chi connectivity index (χ4n) is 0. The van der Waals surface area contributed by atoms with Gasteiger partial charge in [-0.15, -0.1) is 0 Å². The summed E-state index contributed by atoms with van der Waals surface area (Å²) in [7, 11) is -5.43. The summed E-state index contributed by atoms with van der Waals surface area (Å²) in [6, 6.07) is 0. The zero-order valence-corrected chi connectivity index (χ0v) is 12.9. The number of rotatable bonds is 1. The third kappa shape index (κ3) is 19.2. The van der Waals surface area contributed by atoms with E-state index in [0.717, 1.165) is 0 Å². The van der Waals surface area contributed by atoms with Crippen molar-refractivity contribution in [2.75, 3.05) is 0 Å². The van der Waals surface area contributed by atoms with Gasteiger partial charge in [0.25, 0.3) is 0 Å². The van der Waals surface area contributed by atoms with Crippen LogP contribution in [-0.4, -0.2) is 5.71 Å². The van der Waals surface area contributed by atoms with E-state index in [-0.39, 0.29) is 96.1 Å². The quantitative estimate of drug-likeness (QED) is 0.314. The predicted octanol–water partition coefficient (Wildman–Crippen LogP) is -11.1. The maximum Gasteiger partial charge on any atom is 1.00 e. The molecule has 0 aliphatic heterocycles. The topological polar surface area (TPSA) is 103 Å². The van der Waals surface area contributed by atoms with Gasteiger partial charge in [-0.3, -0.25) is 0 Å². The SMILES string of the molecule is C.O=C([O-])P(=O)([O-])[O-].[Na+].[Na+].[Na+]. The van der Waals surface area contributed by atoms with Crippen LogP contribution in [0.2, 0.25) is 0 Å². The summed E-state index contributed by atoms with van der Waals surface area (Å²) in [4.78, 5) is 27.3. The van der Waals surface area contributed by atoms with Crippen LogP contribution in [0.4, 0.5) is 4.79 Å². The van der Waals surface area contributed by atoms with Gasteiger partial charge in [-0.1, -0.05) is 7.43 Å². The number of carbonyl (C=O) groups excluding carboxylic acids is 1. The van der Waals surface area contributed by atoms with E-state index in [2.05, 4.69) is 0 Å². The van der Waals surface area contributed by atoms with E-state index in [1.807, 2.05) is 0 Å². The van der Waals surface area contributed by atoms with Crippen molar-refractivity contribution >= 4 is 13.3 Å². The molecule has 50 valence electrons. The van der Waals surface area contributed by atoms with Gasteiger partial charge >= 0.3 is 88.7 Å². The number of hydrogen-bond acceptors (Lipinski definition) is 5. The van der Waals surface area contributed by atoms with E-state index in [9.17, 15) is 0 Å². The number of carbonyl (C=O) groups is 1. The first-order chi connectivity index (χ1) is 2.94. The summed E-state index contributed by atoms with van der Waals surface area (Å²) < 4.78 is 9.14. The van der Waals surface area contributed by atoms with Crippen molar-refractivity contribution in [3.63, 3.8) is 0 Å². The van der Waals surface area contributed by atoms with Crippen LogP contribution >= 0.6 is 7.60 Å². The molecule has 0 aromatic heterocycles. The summed E-state index contributed by atoms with van der Waals surface area (Å²) in [5.74, 6) is 0. The summed E-state index contributed by atoms with van der Waals surface area (Å²) in [6.45, 7) is 0. The van der Waals surface area contributed by atoms with E-state index in [1.54, 1.807) is 0 Å². The maximum absolute atomic E-state index is 9.14. The summed E-state index contributed by atoms with van der Waals surface area (Å²) in [5, 5.41) is 9.02. The van der Waals surface area contributed by atoms with Crippen LogP contribution in [0.1, 0.15) is 7.43 Å². The number of carboxylic acid groups (broad SMARTS) is 1.